The second-order valence-electron chi connectivity index (χ2n) is 5.28. The van der Waals surface area contributed by atoms with E-state index in [9.17, 15) is 22.4 Å². The van der Waals surface area contributed by atoms with E-state index in [-0.39, 0.29) is 11.7 Å². The summed E-state index contributed by atoms with van der Waals surface area (Å²) in [6.07, 6.45) is -2.12. The Bertz CT molecular complexity index is 671. The fraction of sp³-hybridized carbons (Fsp3) is 0.333. The van der Waals surface area contributed by atoms with E-state index in [1.807, 2.05) is 0 Å². The van der Waals surface area contributed by atoms with Gasteiger partial charge in [-0.1, -0.05) is 0 Å². The molecular formula is C15H15F4N3O2. The van der Waals surface area contributed by atoms with Gasteiger partial charge in [0, 0.05) is 12.3 Å². The molecule has 0 bridgehead atoms. The standard InChI is InChI=1S/C15H15F4N3O2/c1-9(2)24-13(23)3-4-22-8-20-14(21-22)10-5-11(15(17,18)19)7-12(16)6-10/h3-9,14,21H,1-2H3/b4-3-. The second-order valence-corrected chi connectivity index (χ2v) is 5.28. The van der Waals surface area contributed by atoms with Crippen molar-refractivity contribution in [1.29, 1.82) is 0 Å². The van der Waals surface area contributed by atoms with Crippen LogP contribution in [-0.2, 0) is 15.7 Å². The molecule has 0 saturated heterocycles. The molecule has 0 aromatic heterocycles. The highest BCUT2D eigenvalue weighted by Crippen LogP contribution is 2.32. The van der Waals surface area contributed by atoms with Crippen molar-refractivity contribution < 1.29 is 27.1 Å². The maximum absolute atomic E-state index is 13.4. The molecule has 5 nitrogen and oxygen atoms in total. The summed E-state index contributed by atoms with van der Waals surface area (Å²) in [6.45, 7) is 3.39. The van der Waals surface area contributed by atoms with Crippen LogP contribution in [0.15, 0.2) is 35.5 Å². The summed E-state index contributed by atoms with van der Waals surface area (Å²) in [5.41, 5.74) is 1.62. The summed E-state index contributed by atoms with van der Waals surface area (Å²) in [6, 6.07) is 2.20. The third-order valence-electron chi connectivity index (χ3n) is 2.90. The Hall–Kier alpha value is -2.42. The molecule has 1 aromatic rings. The molecule has 9 heteroatoms. The van der Waals surface area contributed by atoms with Crippen LogP contribution in [0.3, 0.4) is 0 Å². The summed E-state index contributed by atoms with van der Waals surface area (Å²) in [7, 11) is 0. The Morgan fingerprint density at radius 2 is 2.08 bits per heavy atom. The number of hydrazine groups is 1. The highest BCUT2D eigenvalue weighted by Gasteiger charge is 2.32. The quantitative estimate of drug-likeness (QED) is 0.517. The number of carbonyl (C=O) groups excluding carboxylic acids is 1. The number of aliphatic imine (C=N–C) groups is 1. The van der Waals surface area contributed by atoms with Crippen molar-refractivity contribution in [2.75, 3.05) is 0 Å². The highest BCUT2D eigenvalue weighted by molar-refractivity contribution is 5.82. The third kappa shape index (κ3) is 4.79. The molecule has 2 rings (SSSR count). The third-order valence-corrected chi connectivity index (χ3v) is 2.90. The Balaban J connectivity index is 2.06. The molecule has 130 valence electrons. The summed E-state index contributed by atoms with van der Waals surface area (Å²) in [5.74, 6) is -1.58. The zero-order chi connectivity index (χ0) is 17.9. The predicted octanol–water partition coefficient (Wildman–Crippen LogP) is 3.16. The van der Waals surface area contributed by atoms with Gasteiger partial charge < -0.3 is 4.74 Å². The van der Waals surface area contributed by atoms with E-state index in [0.717, 1.165) is 18.2 Å². The topological polar surface area (TPSA) is 53.9 Å². The van der Waals surface area contributed by atoms with Gasteiger partial charge in [0.25, 0.3) is 0 Å². The van der Waals surface area contributed by atoms with Crippen molar-refractivity contribution >= 4 is 12.3 Å². The molecule has 1 aliphatic heterocycles. The van der Waals surface area contributed by atoms with Gasteiger partial charge in [0.2, 0.25) is 0 Å². The van der Waals surface area contributed by atoms with E-state index in [4.69, 9.17) is 4.74 Å². The highest BCUT2D eigenvalue weighted by atomic mass is 19.4. The van der Waals surface area contributed by atoms with Crippen LogP contribution in [0.4, 0.5) is 17.6 Å². The van der Waals surface area contributed by atoms with E-state index in [0.29, 0.717) is 6.07 Å². The molecule has 1 heterocycles. The Labute approximate surface area is 135 Å². The van der Waals surface area contributed by atoms with Gasteiger partial charge in [0.15, 0.2) is 0 Å². The molecular weight excluding hydrogens is 330 g/mol. The number of hydrogen-bond donors (Lipinski definition) is 1. The zero-order valence-corrected chi connectivity index (χ0v) is 12.8. The van der Waals surface area contributed by atoms with Gasteiger partial charge in [-0.2, -0.15) is 13.2 Å². The van der Waals surface area contributed by atoms with Gasteiger partial charge in [-0.15, -0.1) is 0 Å². The molecule has 0 spiro atoms. The second kappa shape index (κ2) is 7.00. The minimum absolute atomic E-state index is 0.0132. The molecule has 0 fully saturated rings. The lowest BCUT2D eigenvalue weighted by atomic mass is 10.1. The maximum Gasteiger partial charge on any atom is 0.416 e. The van der Waals surface area contributed by atoms with Gasteiger partial charge in [0.1, 0.15) is 18.3 Å². The van der Waals surface area contributed by atoms with E-state index in [1.54, 1.807) is 13.8 Å². The molecule has 0 radical (unpaired) electrons. The normalized spacial score (nSPS) is 18.0. The number of benzene rings is 1. The number of rotatable bonds is 4. The molecule has 0 saturated carbocycles. The predicted molar refractivity (Wildman–Crippen MR) is 78.0 cm³/mol. The Morgan fingerprint density at radius 1 is 1.38 bits per heavy atom. The molecule has 1 aliphatic rings. The number of ether oxygens (including phenoxy) is 1. The van der Waals surface area contributed by atoms with Crippen LogP contribution < -0.4 is 5.43 Å². The summed E-state index contributed by atoms with van der Waals surface area (Å²) >= 11 is 0. The van der Waals surface area contributed by atoms with Gasteiger partial charge in [0.05, 0.1) is 11.7 Å². The summed E-state index contributed by atoms with van der Waals surface area (Å²) in [4.78, 5) is 15.3. The first-order valence-corrected chi connectivity index (χ1v) is 6.99. The van der Waals surface area contributed by atoms with Crippen LogP contribution in [0.1, 0.15) is 31.1 Å². The maximum atomic E-state index is 13.4. The number of hydrogen-bond acceptors (Lipinski definition) is 5. The van der Waals surface area contributed by atoms with Crippen molar-refractivity contribution in [2.24, 2.45) is 4.99 Å². The van der Waals surface area contributed by atoms with E-state index in [1.165, 1.54) is 17.5 Å². The van der Waals surface area contributed by atoms with Crippen LogP contribution in [0.5, 0.6) is 0 Å². The van der Waals surface area contributed by atoms with Crippen molar-refractivity contribution in [1.82, 2.24) is 10.4 Å². The van der Waals surface area contributed by atoms with Crippen molar-refractivity contribution in [3.8, 4) is 0 Å². The first-order valence-electron chi connectivity index (χ1n) is 6.99. The molecule has 24 heavy (non-hydrogen) atoms. The van der Waals surface area contributed by atoms with Crippen molar-refractivity contribution in [2.45, 2.75) is 32.3 Å². The number of nitrogens with zero attached hydrogens (tertiary/aromatic N) is 2. The smallest absolute Gasteiger partial charge is 0.416 e. The number of nitrogens with one attached hydrogen (secondary N) is 1. The Morgan fingerprint density at radius 3 is 2.71 bits per heavy atom. The average molecular weight is 345 g/mol. The number of halogens is 4. The SMILES string of the molecule is CC(C)OC(=O)/C=C\N1C=NC(c2cc(F)cc(C(F)(F)F)c2)N1. The number of alkyl halides is 3. The van der Waals surface area contributed by atoms with Crippen LogP contribution >= 0.6 is 0 Å². The van der Waals surface area contributed by atoms with Crippen LogP contribution in [0.25, 0.3) is 0 Å². The van der Waals surface area contributed by atoms with Crippen molar-refractivity contribution in [3.05, 3.63) is 47.4 Å². The summed E-state index contributed by atoms with van der Waals surface area (Å²) < 4.78 is 56.5. The molecule has 1 unspecified atom stereocenters. The number of esters is 1. The average Bonchev–Trinajstić information content (AvgIpc) is 2.91. The molecule has 1 N–H and O–H groups in total. The minimum atomic E-state index is -4.65. The van der Waals surface area contributed by atoms with Crippen molar-refractivity contribution in [3.63, 3.8) is 0 Å². The lowest BCUT2D eigenvalue weighted by Gasteiger charge is -2.15. The lowest BCUT2D eigenvalue weighted by Crippen LogP contribution is -2.29. The van der Waals surface area contributed by atoms with Gasteiger partial charge in [-0.3, -0.25) is 5.01 Å². The fourth-order valence-corrected chi connectivity index (χ4v) is 1.94. The number of carbonyl (C=O) groups is 1. The van der Waals surface area contributed by atoms with E-state index in [2.05, 4.69) is 10.4 Å². The van der Waals surface area contributed by atoms with Gasteiger partial charge in [-0.25, -0.2) is 19.6 Å². The van der Waals surface area contributed by atoms with E-state index >= 15 is 0 Å². The molecule has 0 aliphatic carbocycles. The first-order chi connectivity index (χ1) is 11.1. The Kier molecular flexibility index (Phi) is 5.23. The monoisotopic (exact) mass is 345 g/mol. The largest absolute Gasteiger partial charge is 0.460 e. The van der Waals surface area contributed by atoms with Crippen LogP contribution in [0.2, 0.25) is 0 Å². The fourth-order valence-electron chi connectivity index (χ4n) is 1.94. The van der Waals surface area contributed by atoms with Crippen LogP contribution in [0, 0.1) is 5.82 Å². The molecule has 1 atom stereocenters. The summed E-state index contributed by atoms with van der Waals surface area (Å²) in [5, 5.41) is 1.27. The lowest BCUT2D eigenvalue weighted by molar-refractivity contribution is -0.141. The molecule has 1 aromatic carbocycles. The molecule has 0 amide bonds. The van der Waals surface area contributed by atoms with Gasteiger partial charge >= 0.3 is 12.1 Å². The minimum Gasteiger partial charge on any atom is -0.460 e. The first kappa shape index (κ1) is 17.9. The van der Waals surface area contributed by atoms with Gasteiger partial charge in [-0.05, 0) is 37.6 Å². The zero-order valence-electron chi connectivity index (χ0n) is 12.8. The van der Waals surface area contributed by atoms with Crippen LogP contribution in [-0.4, -0.2) is 23.4 Å². The van der Waals surface area contributed by atoms with E-state index < -0.39 is 29.7 Å².